The van der Waals surface area contributed by atoms with Crippen molar-refractivity contribution in [3.8, 4) is 5.75 Å². The Morgan fingerprint density at radius 3 is 2.50 bits per heavy atom. The molecule has 0 saturated carbocycles. The normalized spacial score (nSPS) is 15.8. The number of hydrogen-bond acceptors (Lipinski definition) is 5. The molecule has 8 nitrogen and oxygen atoms in total. The lowest BCUT2D eigenvalue weighted by Gasteiger charge is -2.25. The van der Waals surface area contributed by atoms with Gasteiger partial charge < -0.3 is 20.1 Å². The van der Waals surface area contributed by atoms with Gasteiger partial charge in [-0.05, 0) is 71.0 Å². The van der Waals surface area contributed by atoms with E-state index in [2.05, 4.69) is 10.6 Å². The number of nitrogens with one attached hydrogen (secondary N) is 2. The van der Waals surface area contributed by atoms with E-state index in [9.17, 15) is 18.8 Å². The van der Waals surface area contributed by atoms with Crippen LogP contribution in [0.2, 0.25) is 0 Å². The summed E-state index contributed by atoms with van der Waals surface area (Å²) in [5.74, 6) is -1.25. The Hall–Kier alpha value is -3.51. The van der Waals surface area contributed by atoms with Gasteiger partial charge in [0.25, 0.3) is 5.91 Å². The Bertz CT molecular complexity index is 1290. The van der Waals surface area contributed by atoms with Gasteiger partial charge in [-0.2, -0.15) is 0 Å². The van der Waals surface area contributed by atoms with Gasteiger partial charge in [0.05, 0.1) is 12.3 Å². The fourth-order valence-corrected chi connectivity index (χ4v) is 4.53. The molecule has 0 spiro atoms. The van der Waals surface area contributed by atoms with Crippen molar-refractivity contribution in [3.63, 3.8) is 0 Å². The van der Waals surface area contributed by atoms with Gasteiger partial charge >= 0.3 is 6.03 Å². The molecule has 0 aliphatic carbocycles. The van der Waals surface area contributed by atoms with Crippen molar-refractivity contribution in [1.29, 1.82) is 0 Å². The number of benzene rings is 3. The Morgan fingerprint density at radius 2 is 1.82 bits per heavy atom. The van der Waals surface area contributed by atoms with E-state index in [1.165, 1.54) is 12.1 Å². The first kappa shape index (κ1) is 27.5. The van der Waals surface area contributed by atoms with Gasteiger partial charge in [-0.25, -0.2) is 14.1 Å². The van der Waals surface area contributed by atoms with Crippen LogP contribution in [-0.2, 0) is 20.7 Å². The fourth-order valence-electron chi connectivity index (χ4n) is 4.08. The lowest BCUT2D eigenvalue weighted by atomic mass is 10.0. The summed E-state index contributed by atoms with van der Waals surface area (Å²) in [5, 5.41) is 5.22. The third-order valence-electron chi connectivity index (χ3n) is 5.96. The number of carbonyl (C=O) groups is 3. The second-order valence-electron chi connectivity index (χ2n) is 8.52. The van der Waals surface area contributed by atoms with E-state index >= 15 is 0 Å². The maximum Gasteiger partial charge on any atom is 0.325 e. The number of imide groups is 1. The van der Waals surface area contributed by atoms with E-state index in [1.54, 1.807) is 54.6 Å². The molecular weight excluding hydrogens is 604 g/mol. The molecule has 3 aromatic carbocycles. The topological polar surface area (TPSA) is 97.0 Å². The first-order valence-electron chi connectivity index (χ1n) is 12.1. The SMILES string of the molecule is CCOCCOc1ccc([C@H]2NC(=O)N([C@@H](Cc3ccccc3)C(=O)Nc3ccc(I)cc3F)C2=O)cc1. The number of carbonyl (C=O) groups excluding carboxylic acids is 3. The molecule has 0 radical (unpaired) electrons. The molecular formula is C28H27FIN3O5. The van der Waals surface area contributed by atoms with Crippen molar-refractivity contribution in [1.82, 2.24) is 10.2 Å². The zero-order chi connectivity index (χ0) is 27.1. The van der Waals surface area contributed by atoms with E-state index in [0.29, 0.717) is 34.7 Å². The van der Waals surface area contributed by atoms with Crippen molar-refractivity contribution in [2.75, 3.05) is 25.1 Å². The summed E-state index contributed by atoms with van der Waals surface area (Å²) < 4.78 is 26.0. The molecule has 2 N–H and O–H groups in total. The Morgan fingerprint density at radius 1 is 1.08 bits per heavy atom. The number of amides is 4. The average molecular weight is 631 g/mol. The minimum atomic E-state index is -1.20. The van der Waals surface area contributed by atoms with Crippen LogP contribution in [0.3, 0.4) is 0 Å². The van der Waals surface area contributed by atoms with Crippen molar-refractivity contribution in [3.05, 3.63) is 93.3 Å². The summed E-state index contributed by atoms with van der Waals surface area (Å²) in [6.45, 7) is 3.35. The number of nitrogens with zero attached hydrogens (tertiary/aromatic N) is 1. The highest BCUT2D eigenvalue weighted by Gasteiger charge is 2.45. The minimum absolute atomic E-state index is 0.0305. The van der Waals surface area contributed by atoms with Gasteiger partial charge in [0, 0.05) is 16.6 Å². The Labute approximate surface area is 233 Å². The molecule has 198 valence electrons. The molecule has 0 unspecified atom stereocenters. The van der Waals surface area contributed by atoms with E-state index in [4.69, 9.17) is 9.47 Å². The lowest BCUT2D eigenvalue weighted by molar-refractivity contribution is -0.134. The number of rotatable bonds is 11. The van der Waals surface area contributed by atoms with Crippen molar-refractivity contribution < 1.29 is 28.2 Å². The van der Waals surface area contributed by atoms with Crippen LogP contribution in [0.15, 0.2) is 72.8 Å². The van der Waals surface area contributed by atoms with E-state index in [-0.39, 0.29) is 12.1 Å². The van der Waals surface area contributed by atoms with E-state index in [0.717, 1.165) is 10.5 Å². The number of halogens is 2. The lowest BCUT2D eigenvalue weighted by Crippen LogP contribution is -2.49. The molecule has 3 aromatic rings. The molecule has 1 aliphatic rings. The van der Waals surface area contributed by atoms with Gasteiger partial charge in [0.2, 0.25) is 5.91 Å². The third kappa shape index (κ3) is 6.67. The molecule has 2 atom stereocenters. The summed E-state index contributed by atoms with van der Waals surface area (Å²) in [6, 6.07) is 17.3. The van der Waals surface area contributed by atoms with E-state index < -0.39 is 35.7 Å². The molecule has 38 heavy (non-hydrogen) atoms. The Kier molecular flexibility index (Phi) is 9.29. The van der Waals surface area contributed by atoms with Crippen LogP contribution in [0.1, 0.15) is 24.1 Å². The molecule has 0 bridgehead atoms. The van der Waals surface area contributed by atoms with Crippen LogP contribution >= 0.6 is 22.6 Å². The second kappa shape index (κ2) is 12.8. The molecule has 10 heteroatoms. The van der Waals surface area contributed by atoms with Crippen LogP contribution in [0.5, 0.6) is 5.75 Å². The van der Waals surface area contributed by atoms with Crippen LogP contribution in [0, 0.1) is 9.39 Å². The zero-order valence-electron chi connectivity index (χ0n) is 20.7. The summed E-state index contributed by atoms with van der Waals surface area (Å²) in [6.07, 6.45) is 0.0666. The standard InChI is InChI=1S/C28H27FIN3O5/c1-2-37-14-15-38-21-11-8-19(9-12-21)25-27(35)33(28(36)32-25)24(16-18-6-4-3-5-7-18)26(34)31-23-13-10-20(30)17-22(23)29/h3-13,17,24-25H,2,14-16H2,1H3,(H,31,34)(H,32,36)/t24-,25+/m0/s1. The minimum Gasteiger partial charge on any atom is -0.491 e. The predicted octanol–water partition coefficient (Wildman–Crippen LogP) is 4.69. The monoisotopic (exact) mass is 631 g/mol. The molecule has 1 saturated heterocycles. The predicted molar refractivity (Wildman–Crippen MR) is 148 cm³/mol. The molecule has 4 amide bonds. The Balaban J connectivity index is 1.54. The summed E-state index contributed by atoms with van der Waals surface area (Å²) in [5.41, 5.74) is 1.26. The fraction of sp³-hybridized carbons (Fsp3) is 0.250. The summed E-state index contributed by atoms with van der Waals surface area (Å²) in [7, 11) is 0. The van der Waals surface area contributed by atoms with Crippen LogP contribution in [0.25, 0.3) is 0 Å². The van der Waals surface area contributed by atoms with Crippen molar-refractivity contribution in [2.45, 2.75) is 25.4 Å². The first-order chi connectivity index (χ1) is 18.4. The maximum absolute atomic E-state index is 14.5. The molecule has 4 rings (SSSR count). The second-order valence-corrected chi connectivity index (χ2v) is 9.77. The molecule has 1 fully saturated rings. The maximum atomic E-state index is 14.5. The highest BCUT2D eigenvalue weighted by molar-refractivity contribution is 14.1. The first-order valence-corrected chi connectivity index (χ1v) is 13.2. The zero-order valence-corrected chi connectivity index (χ0v) is 22.8. The quantitative estimate of drug-likeness (QED) is 0.182. The number of ether oxygens (including phenoxy) is 2. The van der Waals surface area contributed by atoms with Gasteiger partial charge in [-0.3, -0.25) is 9.59 Å². The number of hydrogen-bond donors (Lipinski definition) is 2. The third-order valence-corrected chi connectivity index (χ3v) is 6.63. The molecule has 1 aliphatic heterocycles. The van der Waals surface area contributed by atoms with Gasteiger partial charge in [0.15, 0.2) is 0 Å². The smallest absolute Gasteiger partial charge is 0.325 e. The van der Waals surface area contributed by atoms with E-state index in [1.807, 2.05) is 35.6 Å². The number of urea groups is 1. The summed E-state index contributed by atoms with van der Waals surface area (Å²) in [4.78, 5) is 40.8. The summed E-state index contributed by atoms with van der Waals surface area (Å²) >= 11 is 1.97. The molecule has 1 heterocycles. The highest BCUT2D eigenvalue weighted by atomic mass is 127. The van der Waals surface area contributed by atoms with Gasteiger partial charge in [-0.1, -0.05) is 42.5 Å². The molecule has 0 aromatic heterocycles. The number of anilines is 1. The average Bonchev–Trinajstić information content (AvgIpc) is 3.21. The highest BCUT2D eigenvalue weighted by Crippen LogP contribution is 2.27. The van der Waals surface area contributed by atoms with Crippen LogP contribution in [-0.4, -0.2) is 48.6 Å². The van der Waals surface area contributed by atoms with Gasteiger partial charge in [0.1, 0.15) is 30.3 Å². The largest absolute Gasteiger partial charge is 0.491 e. The van der Waals surface area contributed by atoms with Gasteiger partial charge in [-0.15, -0.1) is 0 Å². The van der Waals surface area contributed by atoms with Crippen molar-refractivity contribution in [2.24, 2.45) is 0 Å². The van der Waals surface area contributed by atoms with Crippen molar-refractivity contribution >= 4 is 46.1 Å². The van der Waals surface area contributed by atoms with Crippen LogP contribution in [0.4, 0.5) is 14.9 Å². The van der Waals surface area contributed by atoms with Crippen LogP contribution < -0.4 is 15.4 Å².